The van der Waals surface area contributed by atoms with Gasteiger partial charge < -0.3 is 14.6 Å². The highest BCUT2D eigenvalue weighted by Gasteiger charge is 2.45. The third kappa shape index (κ3) is 4.14. The second-order valence-corrected chi connectivity index (χ2v) is 9.51. The number of allylic oxidation sites excluding steroid dienone is 2. The first-order valence-corrected chi connectivity index (χ1v) is 12.5. The van der Waals surface area contributed by atoms with Crippen LogP contribution in [0.5, 0.6) is 11.5 Å². The Bertz CT molecular complexity index is 1560. The van der Waals surface area contributed by atoms with Gasteiger partial charge in [-0.15, -0.1) is 0 Å². The number of fused-ring (bicyclic) bond motifs is 1. The van der Waals surface area contributed by atoms with Crippen molar-refractivity contribution in [2.45, 2.75) is 31.4 Å². The van der Waals surface area contributed by atoms with Crippen LogP contribution in [0.2, 0.25) is 0 Å². The zero-order valence-corrected chi connectivity index (χ0v) is 20.6. The van der Waals surface area contributed by atoms with E-state index in [9.17, 15) is 28.5 Å². The Morgan fingerprint density at radius 3 is 2.44 bits per heavy atom. The number of rotatable bonds is 3. The van der Waals surface area contributed by atoms with Gasteiger partial charge in [0.1, 0.15) is 11.6 Å². The summed E-state index contributed by atoms with van der Waals surface area (Å²) in [6.45, 7) is 0.0338. The zero-order chi connectivity index (χ0) is 27.3. The number of nitrogens with one attached hydrogen (secondary N) is 1. The van der Waals surface area contributed by atoms with E-state index in [1.165, 1.54) is 23.1 Å². The number of benzene rings is 3. The summed E-state index contributed by atoms with van der Waals surface area (Å²) in [5, 5.41) is 20.9. The van der Waals surface area contributed by atoms with Gasteiger partial charge in [0.25, 0.3) is 0 Å². The van der Waals surface area contributed by atoms with E-state index in [1.54, 1.807) is 48.5 Å². The van der Waals surface area contributed by atoms with Crippen LogP contribution in [0.4, 0.5) is 18.9 Å². The summed E-state index contributed by atoms with van der Waals surface area (Å²) in [6, 6.07) is 18.6. The summed E-state index contributed by atoms with van der Waals surface area (Å²) in [5.41, 5.74) is 0.378. The summed E-state index contributed by atoms with van der Waals surface area (Å²) in [4.78, 5) is 14.8. The van der Waals surface area contributed by atoms with E-state index in [2.05, 4.69) is 0 Å². The van der Waals surface area contributed by atoms with E-state index in [-0.39, 0.29) is 47.4 Å². The Labute approximate surface area is 222 Å². The van der Waals surface area contributed by atoms with Gasteiger partial charge in [-0.25, -0.2) is 0 Å². The Hall–Kier alpha value is -4.53. The van der Waals surface area contributed by atoms with Crippen LogP contribution in [0, 0.1) is 5.41 Å². The molecule has 198 valence electrons. The molecule has 3 aromatic rings. The van der Waals surface area contributed by atoms with E-state index in [0.717, 1.165) is 6.07 Å². The second-order valence-electron chi connectivity index (χ2n) is 9.51. The fourth-order valence-electron chi connectivity index (χ4n) is 5.54. The van der Waals surface area contributed by atoms with Crippen LogP contribution in [0.25, 0.3) is 5.76 Å². The predicted octanol–water partition coefficient (Wildman–Crippen LogP) is 6.99. The molecule has 6 rings (SSSR count). The number of hydrogen-bond donors (Lipinski definition) is 2. The number of Topliss-reactive ketones (excluding diaryl/α,β-unsaturated/α-hetero) is 1. The molecule has 1 atom stereocenters. The number of aliphatic hydroxyl groups is 1. The Morgan fingerprint density at radius 1 is 0.949 bits per heavy atom. The molecule has 0 spiro atoms. The number of amidine groups is 1. The average Bonchev–Trinajstić information content (AvgIpc) is 3.40. The van der Waals surface area contributed by atoms with Gasteiger partial charge in [-0.3, -0.25) is 15.1 Å². The molecule has 2 aliphatic heterocycles. The van der Waals surface area contributed by atoms with Gasteiger partial charge in [0.05, 0.1) is 11.3 Å². The highest BCUT2D eigenvalue weighted by atomic mass is 19.4. The second kappa shape index (κ2) is 9.34. The smallest absolute Gasteiger partial charge is 0.418 e. The molecule has 9 heteroatoms. The standard InChI is InChI=1S/C30H23F3N2O4/c31-30(32,33)19-9-4-5-10-20(19)35-21-11-6-12-22(36)26(21)25(18-13-14-23-24(15-18)39-16-38-23)27(29(35)34)28(37)17-7-2-1-3-8-17/h1-5,7-10,13-15,25,34,37H,6,11-12,16H2. The van der Waals surface area contributed by atoms with Gasteiger partial charge in [0.15, 0.2) is 17.3 Å². The summed E-state index contributed by atoms with van der Waals surface area (Å²) >= 11 is 0. The normalized spacial score (nSPS) is 20.3. The zero-order valence-electron chi connectivity index (χ0n) is 20.6. The Balaban J connectivity index is 1.67. The van der Waals surface area contributed by atoms with Crippen molar-refractivity contribution in [2.75, 3.05) is 11.7 Å². The van der Waals surface area contributed by atoms with Crippen LogP contribution in [-0.4, -0.2) is 23.5 Å². The van der Waals surface area contributed by atoms with Crippen LogP contribution >= 0.6 is 0 Å². The topological polar surface area (TPSA) is 82.9 Å². The minimum absolute atomic E-state index is 0.0334. The van der Waals surface area contributed by atoms with Crippen molar-refractivity contribution in [1.82, 2.24) is 0 Å². The maximum absolute atomic E-state index is 14.2. The van der Waals surface area contributed by atoms with E-state index >= 15 is 0 Å². The number of nitrogens with zero attached hydrogens (tertiary/aromatic N) is 1. The molecule has 0 saturated heterocycles. The monoisotopic (exact) mass is 532 g/mol. The van der Waals surface area contributed by atoms with Crippen molar-refractivity contribution in [3.05, 3.63) is 106 Å². The Kier molecular flexibility index (Phi) is 5.94. The first-order valence-electron chi connectivity index (χ1n) is 12.5. The van der Waals surface area contributed by atoms with E-state index < -0.39 is 17.7 Å². The third-order valence-corrected chi connectivity index (χ3v) is 7.24. The van der Waals surface area contributed by atoms with Gasteiger partial charge in [-0.2, -0.15) is 13.2 Å². The average molecular weight is 533 g/mol. The van der Waals surface area contributed by atoms with E-state index in [1.807, 2.05) is 0 Å². The van der Waals surface area contributed by atoms with Crippen LogP contribution in [0.3, 0.4) is 0 Å². The molecular weight excluding hydrogens is 509 g/mol. The number of aliphatic hydroxyl groups excluding tert-OH is 1. The minimum atomic E-state index is -4.70. The summed E-state index contributed by atoms with van der Waals surface area (Å²) < 4.78 is 53.4. The molecule has 1 unspecified atom stereocenters. The van der Waals surface area contributed by atoms with Crippen molar-refractivity contribution in [1.29, 1.82) is 5.41 Å². The number of ether oxygens (including phenoxy) is 2. The van der Waals surface area contributed by atoms with Crippen LogP contribution in [0.15, 0.2) is 89.6 Å². The maximum atomic E-state index is 14.2. The fourth-order valence-corrected chi connectivity index (χ4v) is 5.54. The number of carbonyl (C=O) groups is 1. The number of ketones is 1. The van der Waals surface area contributed by atoms with Gasteiger partial charge >= 0.3 is 6.18 Å². The molecule has 3 aliphatic rings. The van der Waals surface area contributed by atoms with Gasteiger partial charge in [0, 0.05) is 34.7 Å². The first-order chi connectivity index (χ1) is 18.8. The third-order valence-electron chi connectivity index (χ3n) is 7.24. The predicted molar refractivity (Wildman–Crippen MR) is 139 cm³/mol. The van der Waals surface area contributed by atoms with Crippen LogP contribution in [0.1, 0.15) is 41.9 Å². The molecule has 6 nitrogen and oxygen atoms in total. The number of halogens is 3. The summed E-state index contributed by atoms with van der Waals surface area (Å²) in [6.07, 6.45) is -3.75. The van der Waals surface area contributed by atoms with Gasteiger partial charge in [-0.05, 0) is 42.7 Å². The van der Waals surface area contributed by atoms with Crippen LogP contribution < -0.4 is 14.4 Å². The molecule has 0 bridgehead atoms. The lowest BCUT2D eigenvalue weighted by Gasteiger charge is -2.42. The molecular formula is C30H23F3N2O4. The number of alkyl halides is 3. The number of carbonyl (C=O) groups excluding carboxylic acids is 1. The van der Waals surface area contributed by atoms with Crippen molar-refractivity contribution >= 4 is 23.1 Å². The number of anilines is 1. The molecule has 2 N–H and O–H groups in total. The molecule has 0 fully saturated rings. The van der Waals surface area contributed by atoms with Crippen LogP contribution in [-0.2, 0) is 11.0 Å². The molecule has 1 aliphatic carbocycles. The molecule has 2 heterocycles. The summed E-state index contributed by atoms with van der Waals surface area (Å²) in [5.74, 6) is -0.782. The van der Waals surface area contributed by atoms with Crippen molar-refractivity contribution < 1.29 is 32.5 Å². The van der Waals surface area contributed by atoms with Gasteiger partial charge in [0.2, 0.25) is 6.79 Å². The molecule has 0 saturated carbocycles. The Morgan fingerprint density at radius 2 is 1.67 bits per heavy atom. The lowest BCUT2D eigenvalue weighted by molar-refractivity contribution is -0.137. The maximum Gasteiger partial charge on any atom is 0.418 e. The molecule has 0 amide bonds. The molecule has 0 radical (unpaired) electrons. The highest BCUT2D eigenvalue weighted by Crippen LogP contribution is 2.50. The molecule has 0 aromatic heterocycles. The largest absolute Gasteiger partial charge is 0.507 e. The number of para-hydroxylation sites is 1. The first kappa shape index (κ1) is 24.8. The van der Waals surface area contributed by atoms with Crippen molar-refractivity contribution in [2.24, 2.45) is 0 Å². The minimum Gasteiger partial charge on any atom is -0.507 e. The lowest BCUT2D eigenvalue weighted by atomic mass is 9.73. The summed E-state index contributed by atoms with van der Waals surface area (Å²) in [7, 11) is 0. The SMILES string of the molecule is N=C1C(=C(O)c2ccccc2)C(c2ccc3c(c2)OCO3)C2=C(CCCC2=O)N1c1ccccc1C(F)(F)F. The fraction of sp³-hybridized carbons (Fsp3) is 0.200. The number of hydrogen-bond acceptors (Lipinski definition) is 5. The highest BCUT2D eigenvalue weighted by molar-refractivity contribution is 6.20. The molecule has 3 aromatic carbocycles. The molecule has 39 heavy (non-hydrogen) atoms. The quantitative estimate of drug-likeness (QED) is 0.355. The lowest BCUT2D eigenvalue weighted by Crippen LogP contribution is -2.43. The van der Waals surface area contributed by atoms with Crippen molar-refractivity contribution in [3.63, 3.8) is 0 Å². The van der Waals surface area contributed by atoms with E-state index in [4.69, 9.17) is 9.47 Å². The van der Waals surface area contributed by atoms with Crippen molar-refractivity contribution in [3.8, 4) is 11.5 Å². The van der Waals surface area contributed by atoms with E-state index in [0.29, 0.717) is 41.2 Å². The van der Waals surface area contributed by atoms with Gasteiger partial charge in [-0.1, -0.05) is 48.5 Å².